The van der Waals surface area contributed by atoms with Gasteiger partial charge < -0.3 is 20.3 Å². The third kappa shape index (κ3) is 5.67. The van der Waals surface area contributed by atoms with Crippen molar-refractivity contribution < 1.29 is 34.1 Å². The highest BCUT2D eigenvalue weighted by Gasteiger charge is 2.21. The molecule has 0 aliphatic heterocycles. The fraction of sp³-hybridized carbons (Fsp3) is 0.158. The van der Waals surface area contributed by atoms with Crippen molar-refractivity contribution in [2.75, 3.05) is 0 Å². The number of esters is 1. The lowest BCUT2D eigenvalue weighted by Crippen LogP contribution is -2.42. The van der Waals surface area contributed by atoms with Gasteiger partial charge in [-0.1, -0.05) is 12.1 Å². The summed E-state index contributed by atoms with van der Waals surface area (Å²) in [5.74, 6) is -3.12. The van der Waals surface area contributed by atoms with Gasteiger partial charge >= 0.3 is 17.9 Å². The van der Waals surface area contributed by atoms with Crippen molar-refractivity contribution >= 4 is 23.8 Å². The van der Waals surface area contributed by atoms with Crippen molar-refractivity contribution in [3.05, 3.63) is 65.2 Å². The highest BCUT2D eigenvalue weighted by atomic mass is 16.5. The lowest BCUT2D eigenvalue weighted by atomic mass is 10.0. The fourth-order valence-electron chi connectivity index (χ4n) is 2.30. The normalized spacial score (nSPS) is 11.3. The molecule has 0 spiro atoms. The molecule has 3 N–H and O–H groups in total. The molecule has 0 unspecified atom stereocenters. The lowest BCUT2D eigenvalue weighted by molar-refractivity contribution is -0.139. The molecular weight excluding hydrogens is 354 g/mol. The number of ether oxygens (including phenoxy) is 1. The predicted octanol–water partition coefficient (Wildman–Crippen LogP) is 1.74. The number of carbonyl (C=O) groups excluding carboxylic acids is 2. The van der Waals surface area contributed by atoms with Crippen LogP contribution in [0.3, 0.4) is 0 Å². The third-order valence-electron chi connectivity index (χ3n) is 3.62. The molecule has 27 heavy (non-hydrogen) atoms. The summed E-state index contributed by atoms with van der Waals surface area (Å²) in [7, 11) is 0. The summed E-state index contributed by atoms with van der Waals surface area (Å²) >= 11 is 0. The summed E-state index contributed by atoms with van der Waals surface area (Å²) in [6.45, 7) is 1.25. The SMILES string of the molecule is CC(=O)Oc1ccc(C(=O)N[C@@H](Cc2ccc(C(=O)O)cc2)C(=O)O)cc1. The van der Waals surface area contributed by atoms with Gasteiger partial charge in [0.05, 0.1) is 5.56 Å². The zero-order valence-electron chi connectivity index (χ0n) is 14.3. The zero-order valence-corrected chi connectivity index (χ0v) is 14.3. The van der Waals surface area contributed by atoms with Gasteiger partial charge in [-0.25, -0.2) is 9.59 Å². The highest BCUT2D eigenvalue weighted by molar-refractivity contribution is 5.96. The fourth-order valence-corrected chi connectivity index (χ4v) is 2.30. The van der Waals surface area contributed by atoms with Gasteiger partial charge in [0.2, 0.25) is 0 Å². The molecule has 0 aliphatic rings. The van der Waals surface area contributed by atoms with Crippen molar-refractivity contribution in [1.82, 2.24) is 5.32 Å². The number of carbonyl (C=O) groups is 4. The van der Waals surface area contributed by atoms with E-state index < -0.39 is 29.9 Å². The summed E-state index contributed by atoms with van der Waals surface area (Å²) in [4.78, 5) is 45.5. The number of aliphatic carboxylic acids is 1. The Kier molecular flexibility index (Phi) is 6.27. The summed E-state index contributed by atoms with van der Waals surface area (Å²) in [6, 6.07) is 10.2. The number of benzene rings is 2. The molecule has 0 radical (unpaired) electrons. The maximum atomic E-state index is 12.3. The third-order valence-corrected chi connectivity index (χ3v) is 3.62. The van der Waals surface area contributed by atoms with Crippen molar-refractivity contribution in [2.24, 2.45) is 0 Å². The van der Waals surface area contributed by atoms with Crippen LogP contribution in [0.4, 0.5) is 0 Å². The van der Waals surface area contributed by atoms with Crippen LogP contribution in [-0.2, 0) is 16.0 Å². The molecular formula is C19H17NO7. The van der Waals surface area contributed by atoms with E-state index in [9.17, 15) is 24.3 Å². The minimum atomic E-state index is -1.22. The van der Waals surface area contributed by atoms with Gasteiger partial charge in [-0.2, -0.15) is 0 Å². The quantitative estimate of drug-likeness (QED) is 0.499. The second-order valence-electron chi connectivity index (χ2n) is 5.69. The predicted molar refractivity (Wildman–Crippen MR) is 93.7 cm³/mol. The van der Waals surface area contributed by atoms with E-state index in [-0.39, 0.29) is 23.3 Å². The summed E-state index contributed by atoms with van der Waals surface area (Å²) < 4.78 is 4.87. The van der Waals surface area contributed by atoms with Gasteiger partial charge in [0, 0.05) is 18.9 Å². The van der Waals surface area contributed by atoms with Crippen LogP contribution in [0.2, 0.25) is 0 Å². The molecule has 2 rings (SSSR count). The largest absolute Gasteiger partial charge is 0.480 e. The minimum absolute atomic E-state index is 0.00744. The van der Waals surface area contributed by atoms with Gasteiger partial charge in [-0.15, -0.1) is 0 Å². The average Bonchev–Trinajstić information content (AvgIpc) is 2.61. The lowest BCUT2D eigenvalue weighted by Gasteiger charge is -2.15. The van der Waals surface area contributed by atoms with E-state index in [4.69, 9.17) is 9.84 Å². The number of carboxylic acids is 2. The van der Waals surface area contributed by atoms with Crippen LogP contribution in [-0.4, -0.2) is 40.1 Å². The maximum Gasteiger partial charge on any atom is 0.335 e. The molecule has 8 nitrogen and oxygen atoms in total. The molecule has 0 aromatic heterocycles. The Balaban J connectivity index is 2.06. The van der Waals surface area contributed by atoms with E-state index >= 15 is 0 Å². The zero-order chi connectivity index (χ0) is 20.0. The van der Waals surface area contributed by atoms with Crippen LogP contribution in [0.25, 0.3) is 0 Å². The van der Waals surface area contributed by atoms with Gasteiger partial charge in [0.1, 0.15) is 11.8 Å². The summed E-state index contributed by atoms with van der Waals surface area (Å²) in [5, 5.41) is 20.6. The number of nitrogens with one attached hydrogen (secondary N) is 1. The van der Waals surface area contributed by atoms with Crippen LogP contribution >= 0.6 is 0 Å². The van der Waals surface area contributed by atoms with Crippen molar-refractivity contribution in [3.63, 3.8) is 0 Å². The Hall–Kier alpha value is -3.68. The van der Waals surface area contributed by atoms with Gasteiger partial charge in [-0.3, -0.25) is 9.59 Å². The second kappa shape index (κ2) is 8.61. The molecule has 0 heterocycles. The average molecular weight is 371 g/mol. The van der Waals surface area contributed by atoms with E-state index in [0.717, 1.165) is 0 Å². The Morgan fingerprint density at radius 1 is 0.926 bits per heavy atom. The minimum Gasteiger partial charge on any atom is -0.480 e. The van der Waals surface area contributed by atoms with Crippen LogP contribution in [0.1, 0.15) is 33.2 Å². The van der Waals surface area contributed by atoms with Crippen LogP contribution in [0, 0.1) is 0 Å². The molecule has 140 valence electrons. The van der Waals surface area contributed by atoms with Gasteiger partial charge in [-0.05, 0) is 42.0 Å². The van der Waals surface area contributed by atoms with E-state index in [1.54, 1.807) is 0 Å². The smallest absolute Gasteiger partial charge is 0.335 e. The number of amides is 1. The summed E-state index contributed by atoms with van der Waals surface area (Å²) in [5.41, 5.74) is 0.860. The summed E-state index contributed by atoms with van der Waals surface area (Å²) in [6.07, 6.45) is -0.00744. The molecule has 8 heteroatoms. The van der Waals surface area contributed by atoms with Crippen LogP contribution in [0.15, 0.2) is 48.5 Å². The number of aromatic carboxylic acids is 1. The van der Waals surface area contributed by atoms with E-state index in [0.29, 0.717) is 5.56 Å². The highest BCUT2D eigenvalue weighted by Crippen LogP contribution is 2.13. The number of rotatable bonds is 7. The first kappa shape index (κ1) is 19.6. The number of carboxylic acid groups (broad SMARTS) is 2. The Morgan fingerprint density at radius 3 is 1.96 bits per heavy atom. The maximum absolute atomic E-state index is 12.3. The Bertz CT molecular complexity index is 857. The first-order chi connectivity index (χ1) is 12.8. The van der Waals surface area contributed by atoms with Crippen LogP contribution < -0.4 is 10.1 Å². The molecule has 0 saturated heterocycles. The first-order valence-corrected chi connectivity index (χ1v) is 7.90. The van der Waals surface area contributed by atoms with Crippen molar-refractivity contribution in [1.29, 1.82) is 0 Å². The topological polar surface area (TPSA) is 130 Å². The molecule has 1 atom stereocenters. The number of hydrogen-bond acceptors (Lipinski definition) is 5. The molecule has 0 aliphatic carbocycles. The molecule has 1 amide bonds. The monoisotopic (exact) mass is 371 g/mol. The molecule has 2 aromatic carbocycles. The molecule has 2 aromatic rings. The number of hydrogen-bond donors (Lipinski definition) is 3. The van der Waals surface area contributed by atoms with Crippen molar-refractivity contribution in [2.45, 2.75) is 19.4 Å². The molecule has 0 fully saturated rings. The molecule has 0 saturated carbocycles. The van der Waals surface area contributed by atoms with E-state index in [1.807, 2.05) is 0 Å². The van der Waals surface area contributed by atoms with E-state index in [2.05, 4.69) is 5.32 Å². The second-order valence-corrected chi connectivity index (χ2v) is 5.69. The van der Waals surface area contributed by atoms with Gasteiger partial charge in [0.25, 0.3) is 5.91 Å². The van der Waals surface area contributed by atoms with Crippen molar-refractivity contribution in [3.8, 4) is 5.75 Å². The van der Waals surface area contributed by atoms with Gasteiger partial charge in [0.15, 0.2) is 0 Å². The Morgan fingerprint density at radius 2 is 1.48 bits per heavy atom. The Labute approximate surface area is 154 Å². The standard InChI is InChI=1S/C19H17NO7/c1-11(21)27-15-8-6-13(7-9-15)17(22)20-16(19(25)26)10-12-2-4-14(5-3-12)18(23)24/h2-9,16H,10H2,1H3,(H,20,22)(H,23,24)(H,25,26)/t16-/m0/s1. The first-order valence-electron chi connectivity index (χ1n) is 7.90. The van der Waals surface area contributed by atoms with Crippen LogP contribution in [0.5, 0.6) is 5.75 Å². The molecule has 0 bridgehead atoms. The van der Waals surface area contributed by atoms with E-state index in [1.165, 1.54) is 55.5 Å².